The van der Waals surface area contributed by atoms with Crippen molar-refractivity contribution < 1.29 is 4.79 Å². The molecule has 1 aromatic heterocycles. The first kappa shape index (κ1) is 16.9. The maximum absolute atomic E-state index is 11.9. The van der Waals surface area contributed by atoms with Gasteiger partial charge in [0.25, 0.3) is 0 Å². The molecule has 0 aromatic carbocycles. The van der Waals surface area contributed by atoms with Crippen LogP contribution in [-0.2, 0) is 4.79 Å². The fourth-order valence-corrected chi connectivity index (χ4v) is 3.71. The van der Waals surface area contributed by atoms with Crippen LogP contribution in [-0.4, -0.2) is 33.8 Å². The van der Waals surface area contributed by atoms with Crippen molar-refractivity contribution in [3.8, 4) is 0 Å². The predicted molar refractivity (Wildman–Crippen MR) is 93.4 cm³/mol. The Kier molecular flexibility index (Phi) is 6.79. The minimum absolute atomic E-state index is 0.0793. The molecule has 1 amide bonds. The Hall–Kier alpha value is -1.47. The summed E-state index contributed by atoms with van der Waals surface area (Å²) in [6.07, 6.45) is 10.00. The Bertz CT molecular complexity index is 574. The molecule has 2 rings (SSSR count). The van der Waals surface area contributed by atoms with Crippen LogP contribution in [0.2, 0.25) is 0 Å². The summed E-state index contributed by atoms with van der Waals surface area (Å²) in [6.45, 7) is 5.33. The number of carbonyl (C=O) groups is 1. The van der Waals surface area contributed by atoms with Crippen LogP contribution in [0.5, 0.6) is 0 Å². The molecule has 1 aliphatic carbocycles. The van der Waals surface area contributed by atoms with E-state index in [0.29, 0.717) is 17.6 Å². The molecule has 1 aliphatic rings. The zero-order valence-electron chi connectivity index (χ0n) is 12.6. The molecule has 118 valence electrons. The number of rotatable bonds is 7. The molecule has 0 bridgehead atoms. The molecule has 0 unspecified atom stereocenters. The van der Waals surface area contributed by atoms with Gasteiger partial charge in [0.2, 0.25) is 5.91 Å². The number of nitrogens with one attached hydrogen (secondary N) is 1. The smallest absolute Gasteiger partial charge is 0.230 e. The zero-order chi connectivity index (χ0) is 15.8. The van der Waals surface area contributed by atoms with Crippen LogP contribution in [0.4, 0.5) is 0 Å². The normalized spacial score (nSPS) is 16.3. The van der Waals surface area contributed by atoms with Gasteiger partial charge in [0.05, 0.1) is 5.75 Å². The Morgan fingerprint density at radius 2 is 2.32 bits per heavy atom. The largest absolute Gasteiger partial charge is 0.353 e. The fraction of sp³-hybridized carbons (Fsp3) is 0.467. The van der Waals surface area contributed by atoms with Gasteiger partial charge < -0.3 is 5.32 Å². The Morgan fingerprint density at radius 3 is 3.00 bits per heavy atom. The second-order valence-corrected chi connectivity index (χ2v) is 6.94. The van der Waals surface area contributed by atoms with Crippen molar-refractivity contribution in [1.29, 1.82) is 0 Å². The summed E-state index contributed by atoms with van der Waals surface area (Å²) in [5, 5.41) is 3.07. The van der Waals surface area contributed by atoms with Crippen molar-refractivity contribution in [2.45, 2.75) is 43.0 Å². The van der Waals surface area contributed by atoms with Crippen molar-refractivity contribution in [2.75, 3.05) is 5.75 Å². The van der Waals surface area contributed by atoms with Crippen LogP contribution in [0, 0.1) is 0 Å². The van der Waals surface area contributed by atoms with E-state index in [1.165, 1.54) is 36.1 Å². The van der Waals surface area contributed by atoms with E-state index in [-0.39, 0.29) is 5.91 Å². The summed E-state index contributed by atoms with van der Waals surface area (Å²) in [7, 11) is 0. The number of thioether (sulfide) groups is 1. The summed E-state index contributed by atoms with van der Waals surface area (Å²) in [4.78, 5) is 20.0. The van der Waals surface area contributed by atoms with Crippen molar-refractivity contribution in [2.24, 2.45) is 4.99 Å². The number of hydrogen-bond donors (Lipinski definition) is 1. The summed E-state index contributed by atoms with van der Waals surface area (Å²) in [5.41, 5.74) is 0.894. The van der Waals surface area contributed by atoms with Crippen LogP contribution >= 0.6 is 23.3 Å². The molecule has 7 heteroatoms. The molecule has 1 fully saturated rings. The molecule has 0 atom stereocenters. The van der Waals surface area contributed by atoms with Crippen LogP contribution in [0.25, 0.3) is 5.57 Å². The molecule has 5 nitrogen and oxygen atoms in total. The number of hydrogen-bond acceptors (Lipinski definition) is 6. The third-order valence-corrected chi connectivity index (χ3v) is 5.22. The number of aliphatic imine (C=N–C) groups is 1. The molecular formula is C15H20N4OS2. The standard InChI is InChI=1S/C15H20N4OS2/c1-3-11(8-9-16-2)14-18-15(22-19-14)21-10-13(20)17-12-6-4-5-7-12/h3,8-9,12H,2,4-7,10H2,1H3,(H,17,20)/b9-8-,11-3+. The number of nitrogens with zero attached hydrogens (tertiary/aromatic N) is 3. The van der Waals surface area contributed by atoms with Gasteiger partial charge in [0.15, 0.2) is 10.2 Å². The maximum atomic E-state index is 11.9. The van der Waals surface area contributed by atoms with Gasteiger partial charge in [0.1, 0.15) is 0 Å². The molecule has 0 saturated heterocycles. The van der Waals surface area contributed by atoms with Gasteiger partial charge in [-0.15, -0.1) is 0 Å². The minimum Gasteiger partial charge on any atom is -0.353 e. The van der Waals surface area contributed by atoms with E-state index in [4.69, 9.17) is 0 Å². The van der Waals surface area contributed by atoms with Crippen LogP contribution < -0.4 is 5.32 Å². The average Bonchev–Trinajstić information content (AvgIpc) is 3.18. The average molecular weight is 336 g/mol. The zero-order valence-corrected chi connectivity index (χ0v) is 14.3. The summed E-state index contributed by atoms with van der Waals surface area (Å²) < 4.78 is 5.12. The Morgan fingerprint density at radius 1 is 1.55 bits per heavy atom. The number of carbonyl (C=O) groups excluding carboxylic acids is 1. The third kappa shape index (κ3) is 5.06. The van der Waals surface area contributed by atoms with Gasteiger partial charge in [-0.2, -0.15) is 4.37 Å². The summed E-state index contributed by atoms with van der Waals surface area (Å²) >= 11 is 2.74. The number of amides is 1. The van der Waals surface area contributed by atoms with Gasteiger partial charge in [0, 0.05) is 17.8 Å². The van der Waals surface area contributed by atoms with Gasteiger partial charge in [-0.25, -0.2) is 4.98 Å². The quantitative estimate of drug-likeness (QED) is 0.471. The van der Waals surface area contributed by atoms with Crippen molar-refractivity contribution in [1.82, 2.24) is 14.7 Å². The predicted octanol–water partition coefficient (Wildman–Crippen LogP) is 3.31. The van der Waals surface area contributed by atoms with E-state index >= 15 is 0 Å². The minimum atomic E-state index is 0.0793. The highest BCUT2D eigenvalue weighted by molar-refractivity contribution is 8.01. The van der Waals surface area contributed by atoms with E-state index in [0.717, 1.165) is 22.8 Å². The highest BCUT2D eigenvalue weighted by atomic mass is 32.2. The Labute approximate surface area is 139 Å². The number of allylic oxidation sites excluding steroid dienone is 3. The lowest BCUT2D eigenvalue weighted by Gasteiger charge is -2.10. The number of aromatic nitrogens is 2. The van der Waals surface area contributed by atoms with Gasteiger partial charge >= 0.3 is 0 Å². The van der Waals surface area contributed by atoms with Crippen molar-refractivity contribution in [3.05, 3.63) is 24.2 Å². The first-order valence-corrected chi connectivity index (χ1v) is 9.03. The lowest BCUT2D eigenvalue weighted by atomic mass is 10.2. The SMILES string of the molecule is C=N/C=C\C(=C/C)c1nsc(SCC(=O)NC2CCCC2)n1. The van der Waals surface area contributed by atoms with E-state index < -0.39 is 0 Å². The summed E-state index contributed by atoms with van der Waals surface area (Å²) in [5.74, 6) is 1.13. The second-order valence-electron chi connectivity index (χ2n) is 4.96. The van der Waals surface area contributed by atoms with Gasteiger partial charge in [-0.1, -0.05) is 30.7 Å². The lowest BCUT2D eigenvalue weighted by molar-refractivity contribution is -0.119. The molecule has 1 aromatic rings. The highest BCUT2D eigenvalue weighted by Gasteiger charge is 2.17. The fourth-order valence-electron chi connectivity index (χ4n) is 2.29. The topological polar surface area (TPSA) is 67.2 Å². The molecule has 0 aliphatic heterocycles. The summed E-state index contributed by atoms with van der Waals surface area (Å²) in [6, 6.07) is 0.365. The Balaban J connectivity index is 1.84. The molecule has 0 radical (unpaired) electrons. The van der Waals surface area contributed by atoms with Crippen molar-refractivity contribution in [3.63, 3.8) is 0 Å². The molecule has 0 spiro atoms. The van der Waals surface area contributed by atoms with Gasteiger partial charge in [-0.05, 0) is 44.1 Å². The molecule has 1 saturated carbocycles. The van der Waals surface area contributed by atoms with E-state index in [2.05, 4.69) is 26.4 Å². The van der Waals surface area contributed by atoms with Crippen LogP contribution in [0.15, 0.2) is 27.7 Å². The van der Waals surface area contributed by atoms with E-state index in [1.807, 2.05) is 19.1 Å². The van der Waals surface area contributed by atoms with Crippen LogP contribution in [0.3, 0.4) is 0 Å². The lowest BCUT2D eigenvalue weighted by Crippen LogP contribution is -2.33. The molecule has 22 heavy (non-hydrogen) atoms. The molecular weight excluding hydrogens is 316 g/mol. The highest BCUT2D eigenvalue weighted by Crippen LogP contribution is 2.24. The monoisotopic (exact) mass is 336 g/mol. The third-order valence-electron chi connectivity index (χ3n) is 3.38. The first-order valence-electron chi connectivity index (χ1n) is 7.28. The van der Waals surface area contributed by atoms with E-state index in [1.54, 1.807) is 6.20 Å². The van der Waals surface area contributed by atoms with Crippen LogP contribution in [0.1, 0.15) is 38.4 Å². The molecule has 1 N–H and O–H groups in total. The molecule has 1 heterocycles. The maximum Gasteiger partial charge on any atom is 0.230 e. The first-order chi connectivity index (χ1) is 10.7. The van der Waals surface area contributed by atoms with Gasteiger partial charge in [-0.3, -0.25) is 9.79 Å². The second kappa shape index (κ2) is 8.85. The van der Waals surface area contributed by atoms with E-state index in [9.17, 15) is 4.79 Å². The van der Waals surface area contributed by atoms with Crippen molar-refractivity contribution >= 4 is 41.5 Å².